The molecule has 40 heavy (non-hydrogen) atoms. The number of oxazole rings is 1. The van der Waals surface area contributed by atoms with Gasteiger partial charge in [0.2, 0.25) is 5.89 Å². The monoisotopic (exact) mass is 514 g/mol. The van der Waals surface area contributed by atoms with Crippen LogP contribution in [-0.2, 0) is 0 Å². The summed E-state index contributed by atoms with van der Waals surface area (Å²) >= 11 is 0. The second-order valence-corrected chi connectivity index (χ2v) is 9.64. The number of benzene rings is 6. The van der Waals surface area contributed by atoms with Crippen molar-refractivity contribution < 1.29 is 4.42 Å². The number of nitrogens with zero attached hydrogens (tertiary/aromatic N) is 2. The van der Waals surface area contributed by atoms with E-state index >= 15 is 0 Å². The van der Waals surface area contributed by atoms with Crippen molar-refractivity contribution in [3.8, 4) is 33.7 Å². The van der Waals surface area contributed by atoms with E-state index in [-0.39, 0.29) is 0 Å². The molecule has 0 N–H and O–H groups in total. The molecule has 1 heterocycles. The minimum atomic E-state index is 0.621. The zero-order chi connectivity index (χ0) is 26.7. The van der Waals surface area contributed by atoms with Crippen LogP contribution in [0.5, 0.6) is 0 Å². The summed E-state index contributed by atoms with van der Waals surface area (Å²) in [6.07, 6.45) is 0. The molecule has 0 atom stereocenters. The third kappa shape index (κ3) is 4.44. The molecule has 0 saturated carbocycles. The van der Waals surface area contributed by atoms with Crippen LogP contribution in [-0.4, -0.2) is 4.98 Å². The average molecular weight is 515 g/mol. The van der Waals surface area contributed by atoms with Gasteiger partial charge in [-0.3, -0.25) is 0 Å². The van der Waals surface area contributed by atoms with Gasteiger partial charge in [-0.25, -0.2) is 4.98 Å². The minimum Gasteiger partial charge on any atom is -0.435 e. The molecular formula is C37H26N2O. The lowest BCUT2D eigenvalue weighted by molar-refractivity contribution is 0.621. The summed E-state index contributed by atoms with van der Waals surface area (Å²) in [4.78, 5) is 7.26. The molecule has 0 unspecified atom stereocenters. The number of hydrogen-bond acceptors (Lipinski definition) is 3. The molecule has 0 saturated heterocycles. The van der Waals surface area contributed by atoms with Crippen LogP contribution in [0, 0.1) is 0 Å². The zero-order valence-electron chi connectivity index (χ0n) is 21.8. The fourth-order valence-corrected chi connectivity index (χ4v) is 5.18. The van der Waals surface area contributed by atoms with Crippen LogP contribution in [0.25, 0.3) is 44.8 Å². The maximum absolute atomic E-state index is 6.50. The standard InChI is InChI=1S/C37H26N2O/c1-5-13-27(14-6-1)33-25-26-34(36-35(33)38-37(40-36)29-15-7-2-8-16-29)28-21-23-32(24-22-28)39(30-17-9-3-10-18-30)31-19-11-4-12-20-31/h1-26H. The Morgan fingerprint density at radius 3 is 1.43 bits per heavy atom. The highest BCUT2D eigenvalue weighted by Crippen LogP contribution is 2.40. The number of para-hydroxylation sites is 2. The lowest BCUT2D eigenvalue weighted by Gasteiger charge is -2.25. The van der Waals surface area contributed by atoms with Crippen LogP contribution < -0.4 is 4.90 Å². The fraction of sp³-hybridized carbons (Fsp3) is 0. The van der Waals surface area contributed by atoms with Crippen LogP contribution in [0.2, 0.25) is 0 Å². The molecule has 3 heteroatoms. The molecule has 190 valence electrons. The quantitative estimate of drug-likeness (QED) is 0.221. The molecule has 0 amide bonds. The van der Waals surface area contributed by atoms with E-state index in [1.165, 1.54) is 0 Å². The summed E-state index contributed by atoms with van der Waals surface area (Å²) in [6.45, 7) is 0. The zero-order valence-corrected chi connectivity index (χ0v) is 21.8. The van der Waals surface area contributed by atoms with Gasteiger partial charge < -0.3 is 9.32 Å². The molecule has 3 nitrogen and oxygen atoms in total. The molecular weight excluding hydrogens is 488 g/mol. The molecule has 7 aromatic rings. The van der Waals surface area contributed by atoms with Crippen LogP contribution in [0.1, 0.15) is 0 Å². The molecule has 7 rings (SSSR count). The van der Waals surface area contributed by atoms with E-state index in [2.05, 4.69) is 114 Å². The molecule has 1 aromatic heterocycles. The van der Waals surface area contributed by atoms with E-state index in [1.807, 2.05) is 48.5 Å². The topological polar surface area (TPSA) is 29.3 Å². The Labute approximate surface area is 233 Å². The van der Waals surface area contributed by atoms with Gasteiger partial charge in [0.05, 0.1) is 0 Å². The van der Waals surface area contributed by atoms with Gasteiger partial charge >= 0.3 is 0 Å². The lowest BCUT2D eigenvalue weighted by Crippen LogP contribution is -2.09. The smallest absolute Gasteiger partial charge is 0.227 e. The highest BCUT2D eigenvalue weighted by Gasteiger charge is 2.18. The first-order valence-corrected chi connectivity index (χ1v) is 13.4. The van der Waals surface area contributed by atoms with Gasteiger partial charge in [-0.1, -0.05) is 103 Å². The Kier molecular flexibility index (Phi) is 6.15. The SMILES string of the molecule is c1ccc(-c2nc3c(-c4ccccc4)ccc(-c4ccc(N(c5ccccc5)c5ccccc5)cc4)c3o2)cc1. The van der Waals surface area contributed by atoms with Crippen LogP contribution in [0.15, 0.2) is 162 Å². The molecule has 0 bridgehead atoms. The molecule has 6 aromatic carbocycles. The van der Waals surface area contributed by atoms with Crippen molar-refractivity contribution in [2.45, 2.75) is 0 Å². The lowest BCUT2D eigenvalue weighted by atomic mass is 9.98. The van der Waals surface area contributed by atoms with Crippen molar-refractivity contribution in [2.75, 3.05) is 4.90 Å². The minimum absolute atomic E-state index is 0.621. The highest BCUT2D eigenvalue weighted by atomic mass is 16.3. The largest absolute Gasteiger partial charge is 0.435 e. The maximum atomic E-state index is 6.50. The van der Waals surface area contributed by atoms with Crippen LogP contribution >= 0.6 is 0 Å². The van der Waals surface area contributed by atoms with Crippen molar-refractivity contribution in [1.82, 2.24) is 4.98 Å². The molecule has 0 aliphatic heterocycles. The predicted molar refractivity (Wildman–Crippen MR) is 165 cm³/mol. The van der Waals surface area contributed by atoms with E-state index in [4.69, 9.17) is 9.40 Å². The van der Waals surface area contributed by atoms with Gasteiger partial charge in [0.15, 0.2) is 5.58 Å². The van der Waals surface area contributed by atoms with Gasteiger partial charge in [0, 0.05) is 33.8 Å². The summed E-state index contributed by atoms with van der Waals surface area (Å²) < 4.78 is 6.50. The summed E-state index contributed by atoms with van der Waals surface area (Å²) in [7, 11) is 0. The Bertz CT molecular complexity index is 1820. The Balaban J connectivity index is 1.35. The van der Waals surface area contributed by atoms with Crippen molar-refractivity contribution in [2.24, 2.45) is 0 Å². The van der Waals surface area contributed by atoms with E-state index in [0.717, 1.165) is 56.0 Å². The summed E-state index contributed by atoms with van der Waals surface area (Å²) in [5, 5.41) is 0. The Morgan fingerprint density at radius 2 is 0.850 bits per heavy atom. The summed E-state index contributed by atoms with van der Waals surface area (Å²) in [5.41, 5.74) is 10.2. The molecule has 0 aliphatic rings. The number of aromatic nitrogens is 1. The fourth-order valence-electron chi connectivity index (χ4n) is 5.18. The van der Waals surface area contributed by atoms with E-state index in [0.29, 0.717) is 5.89 Å². The summed E-state index contributed by atoms with van der Waals surface area (Å²) in [6, 6.07) is 54.3. The molecule has 0 radical (unpaired) electrons. The first-order chi connectivity index (χ1) is 19.8. The number of anilines is 3. The third-order valence-corrected chi connectivity index (χ3v) is 7.11. The van der Waals surface area contributed by atoms with Gasteiger partial charge in [0.1, 0.15) is 5.52 Å². The number of fused-ring (bicyclic) bond motifs is 1. The predicted octanol–water partition coefficient (Wildman–Crippen LogP) is 10.3. The number of hydrogen-bond donors (Lipinski definition) is 0. The molecule has 0 fully saturated rings. The first-order valence-electron chi connectivity index (χ1n) is 13.4. The Hall–Kier alpha value is -5.41. The highest BCUT2D eigenvalue weighted by molar-refractivity contribution is 6.00. The van der Waals surface area contributed by atoms with Crippen LogP contribution in [0.3, 0.4) is 0 Å². The molecule has 0 aliphatic carbocycles. The van der Waals surface area contributed by atoms with Gasteiger partial charge in [-0.2, -0.15) is 0 Å². The van der Waals surface area contributed by atoms with Gasteiger partial charge in [0.25, 0.3) is 0 Å². The van der Waals surface area contributed by atoms with Gasteiger partial charge in [-0.15, -0.1) is 0 Å². The van der Waals surface area contributed by atoms with Crippen molar-refractivity contribution in [3.63, 3.8) is 0 Å². The normalized spacial score (nSPS) is 11.0. The summed E-state index contributed by atoms with van der Waals surface area (Å²) in [5.74, 6) is 0.621. The van der Waals surface area contributed by atoms with E-state index in [1.54, 1.807) is 0 Å². The average Bonchev–Trinajstić information content (AvgIpc) is 3.49. The maximum Gasteiger partial charge on any atom is 0.227 e. The second kappa shape index (κ2) is 10.4. The molecule has 0 spiro atoms. The van der Waals surface area contributed by atoms with Crippen molar-refractivity contribution >= 4 is 28.2 Å². The number of rotatable bonds is 6. The second-order valence-electron chi connectivity index (χ2n) is 9.64. The van der Waals surface area contributed by atoms with E-state index in [9.17, 15) is 0 Å². The van der Waals surface area contributed by atoms with Crippen molar-refractivity contribution in [3.05, 3.63) is 158 Å². The van der Waals surface area contributed by atoms with Gasteiger partial charge in [-0.05, 0) is 65.7 Å². The van der Waals surface area contributed by atoms with Crippen LogP contribution in [0.4, 0.5) is 17.1 Å². The third-order valence-electron chi connectivity index (χ3n) is 7.11. The van der Waals surface area contributed by atoms with Crippen molar-refractivity contribution in [1.29, 1.82) is 0 Å². The Morgan fingerprint density at radius 1 is 0.400 bits per heavy atom. The first kappa shape index (κ1) is 23.7. The van der Waals surface area contributed by atoms with E-state index < -0.39 is 0 Å².